The molecule has 122 valence electrons. The number of carbonyl (C=O) groups excluding carboxylic acids is 2. The summed E-state index contributed by atoms with van der Waals surface area (Å²) in [4.78, 5) is 24.6. The highest BCUT2D eigenvalue weighted by molar-refractivity contribution is 6.31. The van der Waals surface area contributed by atoms with E-state index in [0.29, 0.717) is 13.1 Å². The average molecular weight is 330 g/mol. The second kappa shape index (κ2) is 8.58. The van der Waals surface area contributed by atoms with Crippen molar-refractivity contribution < 1.29 is 14.0 Å². The van der Waals surface area contributed by atoms with Crippen molar-refractivity contribution in [2.24, 2.45) is 5.92 Å². The first-order valence-corrected chi connectivity index (χ1v) is 7.40. The van der Waals surface area contributed by atoms with Crippen LogP contribution in [0.5, 0.6) is 0 Å². The summed E-state index contributed by atoms with van der Waals surface area (Å²) in [7, 11) is 1.55. The van der Waals surface area contributed by atoms with E-state index in [1.807, 2.05) is 0 Å². The molecule has 0 aliphatic rings. The standard InChI is InChI=1S/C15H21ClFN3O2/c1-10(2)14(21)18-7-8-19-15(22)20(3)9-11-12(16)5-4-6-13(11)17/h4-6,10H,7-9H2,1-3H3,(H,18,21)(H,19,22). The van der Waals surface area contributed by atoms with Gasteiger partial charge in [0, 0.05) is 36.6 Å². The SMILES string of the molecule is CC(C)C(=O)NCCNC(=O)N(C)Cc1c(F)cccc1Cl. The number of rotatable bonds is 6. The fourth-order valence-electron chi connectivity index (χ4n) is 1.69. The van der Waals surface area contributed by atoms with Crippen LogP contribution in [-0.2, 0) is 11.3 Å². The third-order valence-electron chi connectivity index (χ3n) is 3.03. The third-order valence-corrected chi connectivity index (χ3v) is 3.38. The first-order chi connectivity index (χ1) is 10.3. The Kier molecular flexibility index (Phi) is 7.11. The lowest BCUT2D eigenvalue weighted by atomic mass is 10.2. The van der Waals surface area contributed by atoms with Crippen LogP contribution in [0.1, 0.15) is 19.4 Å². The zero-order valence-electron chi connectivity index (χ0n) is 13.0. The van der Waals surface area contributed by atoms with E-state index in [4.69, 9.17) is 11.6 Å². The molecule has 0 saturated carbocycles. The van der Waals surface area contributed by atoms with Crippen LogP contribution in [0.15, 0.2) is 18.2 Å². The van der Waals surface area contributed by atoms with Crippen molar-refractivity contribution in [1.29, 1.82) is 0 Å². The van der Waals surface area contributed by atoms with E-state index >= 15 is 0 Å². The van der Waals surface area contributed by atoms with Gasteiger partial charge < -0.3 is 15.5 Å². The molecule has 1 aromatic rings. The molecule has 3 amide bonds. The van der Waals surface area contributed by atoms with Gasteiger partial charge in [-0.3, -0.25) is 4.79 Å². The number of hydrogen-bond donors (Lipinski definition) is 2. The van der Waals surface area contributed by atoms with Gasteiger partial charge >= 0.3 is 6.03 Å². The number of nitrogens with zero attached hydrogens (tertiary/aromatic N) is 1. The third kappa shape index (κ3) is 5.52. The fourth-order valence-corrected chi connectivity index (χ4v) is 1.91. The molecule has 1 rings (SSSR count). The molecule has 0 aromatic heterocycles. The molecular weight excluding hydrogens is 309 g/mol. The maximum atomic E-state index is 13.7. The van der Waals surface area contributed by atoms with Gasteiger partial charge in [-0.1, -0.05) is 31.5 Å². The summed E-state index contributed by atoms with van der Waals surface area (Å²) in [6, 6.07) is 4.03. The lowest BCUT2D eigenvalue weighted by Gasteiger charge is -2.19. The van der Waals surface area contributed by atoms with E-state index in [0.717, 1.165) is 0 Å². The molecule has 5 nitrogen and oxygen atoms in total. The monoisotopic (exact) mass is 329 g/mol. The summed E-state index contributed by atoms with van der Waals surface area (Å²) in [5, 5.41) is 5.61. The summed E-state index contributed by atoms with van der Waals surface area (Å²) in [6.45, 7) is 4.29. The van der Waals surface area contributed by atoms with Crippen molar-refractivity contribution in [3.05, 3.63) is 34.6 Å². The van der Waals surface area contributed by atoms with E-state index in [9.17, 15) is 14.0 Å². The number of benzene rings is 1. The van der Waals surface area contributed by atoms with Gasteiger partial charge in [0.15, 0.2) is 0 Å². The first kappa shape index (κ1) is 18.2. The van der Waals surface area contributed by atoms with E-state index in [1.54, 1.807) is 27.0 Å². The Hall–Kier alpha value is -1.82. The van der Waals surface area contributed by atoms with Crippen LogP contribution in [0.2, 0.25) is 5.02 Å². The Morgan fingerprint density at radius 1 is 1.27 bits per heavy atom. The number of halogens is 2. The van der Waals surface area contributed by atoms with Crippen LogP contribution in [-0.4, -0.2) is 37.0 Å². The quantitative estimate of drug-likeness (QED) is 0.787. The normalized spacial score (nSPS) is 10.5. The highest BCUT2D eigenvalue weighted by Crippen LogP contribution is 2.20. The minimum absolute atomic E-state index is 0.0652. The Bertz CT molecular complexity index is 517. The van der Waals surface area contributed by atoms with Gasteiger partial charge in [-0.2, -0.15) is 0 Å². The molecule has 0 unspecified atom stereocenters. The van der Waals surface area contributed by atoms with Gasteiger partial charge in [0.25, 0.3) is 0 Å². The van der Waals surface area contributed by atoms with Crippen molar-refractivity contribution in [2.75, 3.05) is 20.1 Å². The Balaban J connectivity index is 2.41. The summed E-state index contributed by atoms with van der Waals surface area (Å²) in [5.74, 6) is -0.612. The molecule has 0 radical (unpaired) electrons. The number of nitrogens with one attached hydrogen (secondary N) is 2. The average Bonchev–Trinajstić information content (AvgIpc) is 2.46. The molecule has 0 saturated heterocycles. The molecule has 22 heavy (non-hydrogen) atoms. The van der Waals surface area contributed by atoms with E-state index < -0.39 is 5.82 Å². The summed E-state index contributed by atoms with van der Waals surface area (Å²) < 4.78 is 13.7. The van der Waals surface area contributed by atoms with Gasteiger partial charge in [-0.25, -0.2) is 9.18 Å². The van der Waals surface area contributed by atoms with Crippen molar-refractivity contribution in [2.45, 2.75) is 20.4 Å². The number of amides is 3. The van der Waals surface area contributed by atoms with Crippen LogP contribution < -0.4 is 10.6 Å². The minimum atomic E-state index is -0.448. The lowest BCUT2D eigenvalue weighted by Crippen LogP contribution is -2.41. The molecule has 0 heterocycles. The van der Waals surface area contributed by atoms with Crippen LogP contribution in [0.4, 0.5) is 9.18 Å². The molecule has 0 atom stereocenters. The molecule has 0 fully saturated rings. The molecular formula is C15H21ClFN3O2. The number of hydrogen-bond acceptors (Lipinski definition) is 2. The topological polar surface area (TPSA) is 61.4 Å². The largest absolute Gasteiger partial charge is 0.354 e. The van der Waals surface area contributed by atoms with Crippen molar-refractivity contribution in [3.8, 4) is 0 Å². The van der Waals surface area contributed by atoms with Gasteiger partial charge in [0.1, 0.15) is 5.82 Å². The Morgan fingerprint density at radius 2 is 1.91 bits per heavy atom. The fraction of sp³-hybridized carbons (Fsp3) is 0.467. The predicted octanol–water partition coefficient (Wildman–Crippen LogP) is 2.39. The van der Waals surface area contributed by atoms with Crippen molar-refractivity contribution >= 4 is 23.5 Å². The minimum Gasteiger partial charge on any atom is -0.354 e. The van der Waals surface area contributed by atoms with Gasteiger partial charge in [0.2, 0.25) is 5.91 Å². The highest BCUT2D eigenvalue weighted by Gasteiger charge is 2.14. The second-order valence-corrected chi connectivity index (χ2v) is 5.64. The van der Waals surface area contributed by atoms with E-state index in [2.05, 4.69) is 10.6 Å². The zero-order chi connectivity index (χ0) is 16.7. The van der Waals surface area contributed by atoms with Gasteiger partial charge in [-0.15, -0.1) is 0 Å². The second-order valence-electron chi connectivity index (χ2n) is 5.23. The van der Waals surface area contributed by atoms with Crippen molar-refractivity contribution in [3.63, 3.8) is 0 Å². The van der Waals surface area contributed by atoms with E-state index in [-0.39, 0.29) is 35.0 Å². The van der Waals surface area contributed by atoms with Crippen LogP contribution in [0, 0.1) is 11.7 Å². The maximum Gasteiger partial charge on any atom is 0.317 e. The molecule has 0 spiro atoms. The van der Waals surface area contributed by atoms with Gasteiger partial charge in [-0.05, 0) is 12.1 Å². The maximum absolute atomic E-state index is 13.7. The molecule has 2 N–H and O–H groups in total. The van der Waals surface area contributed by atoms with Crippen molar-refractivity contribution in [1.82, 2.24) is 15.5 Å². The summed E-state index contributed by atoms with van der Waals surface area (Å²) in [5.41, 5.74) is 0.273. The Morgan fingerprint density at radius 3 is 2.50 bits per heavy atom. The molecule has 0 aliphatic carbocycles. The van der Waals surface area contributed by atoms with Crippen LogP contribution in [0.3, 0.4) is 0 Å². The molecule has 1 aromatic carbocycles. The molecule has 7 heteroatoms. The smallest absolute Gasteiger partial charge is 0.317 e. The summed E-state index contributed by atoms with van der Waals surface area (Å²) >= 11 is 5.92. The van der Waals surface area contributed by atoms with E-state index in [1.165, 1.54) is 17.0 Å². The first-order valence-electron chi connectivity index (χ1n) is 7.02. The summed E-state index contributed by atoms with van der Waals surface area (Å²) in [6.07, 6.45) is 0. The Labute approximate surface area is 134 Å². The van der Waals surface area contributed by atoms with Gasteiger partial charge in [0.05, 0.1) is 6.54 Å². The van der Waals surface area contributed by atoms with Crippen LogP contribution >= 0.6 is 11.6 Å². The zero-order valence-corrected chi connectivity index (χ0v) is 13.7. The number of urea groups is 1. The number of carbonyl (C=O) groups is 2. The lowest BCUT2D eigenvalue weighted by molar-refractivity contribution is -0.123. The predicted molar refractivity (Wildman–Crippen MR) is 84.1 cm³/mol. The molecule has 0 aliphatic heterocycles. The highest BCUT2D eigenvalue weighted by atomic mass is 35.5. The van der Waals surface area contributed by atoms with Crippen LogP contribution in [0.25, 0.3) is 0 Å². The molecule has 0 bridgehead atoms.